The molecule has 0 aromatic heterocycles. The maximum absolute atomic E-state index is 11.9. The van der Waals surface area contributed by atoms with Crippen LogP contribution in [0.25, 0.3) is 0 Å². The van der Waals surface area contributed by atoms with Crippen LogP contribution in [-0.2, 0) is 23.8 Å². The van der Waals surface area contributed by atoms with Crippen molar-refractivity contribution in [3.05, 3.63) is 12.2 Å². The summed E-state index contributed by atoms with van der Waals surface area (Å²) in [5.41, 5.74) is 0.400. The molecule has 1 saturated carbocycles. The fourth-order valence-corrected chi connectivity index (χ4v) is 2.20. The highest BCUT2D eigenvalue weighted by Gasteiger charge is 2.30. The lowest BCUT2D eigenvalue weighted by atomic mass is 9.87. The zero-order chi connectivity index (χ0) is 15.1. The fraction of sp³-hybridized carbons (Fsp3) is 0.733. The summed E-state index contributed by atoms with van der Waals surface area (Å²) in [5, 5.41) is 0. The lowest BCUT2D eigenvalue weighted by Crippen LogP contribution is -2.31. The van der Waals surface area contributed by atoms with E-state index in [2.05, 4.69) is 6.58 Å². The lowest BCUT2D eigenvalue weighted by molar-refractivity contribution is -0.180. The summed E-state index contributed by atoms with van der Waals surface area (Å²) in [5.74, 6) is -0.714. The molecule has 0 saturated heterocycles. The third-order valence-electron chi connectivity index (χ3n) is 3.31. The maximum atomic E-state index is 11.9. The third kappa shape index (κ3) is 5.33. The zero-order valence-electron chi connectivity index (χ0n) is 12.5. The van der Waals surface area contributed by atoms with Crippen molar-refractivity contribution in [2.45, 2.75) is 58.8 Å². The van der Waals surface area contributed by atoms with Gasteiger partial charge in [0.25, 0.3) is 0 Å². The van der Waals surface area contributed by atoms with Crippen molar-refractivity contribution in [1.29, 1.82) is 0 Å². The molecule has 0 spiro atoms. The Morgan fingerprint density at radius 1 is 1.25 bits per heavy atom. The van der Waals surface area contributed by atoms with Gasteiger partial charge in [0.05, 0.1) is 5.92 Å². The normalized spacial score (nSPS) is 23.8. The van der Waals surface area contributed by atoms with E-state index in [0.29, 0.717) is 37.9 Å². The summed E-state index contributed by atoms with van der Waals surface area (Å²) in [6.45, 7) is 9.25. The molecule has 1 atom stereocenters. The Morgan fingerprint density at radius 2 is 1.85 bits per heavy atom. The van der Waals surface area contributed by atoms with Crippen LogP contribution in [0.4, 0.5) is 0 Å². The number of rotatable bonds is 6. The molecule has 0 aromatic rings. The van der Waals surface area contributed by atoms with E-state index in [-0.39, 0.29) is 24.0 Å². The second kappa shape index (κ2) is 8.04. The summed E-state index contributed by atoms with van der Waals surface area (Å²) < 4.78 is 15.7. The molecule has 5 nitrogen and oxygen atoms in total. The largest absolute Gasteiger partial charge is 0.459 e. The molecular formula is C15H24O5. The van der Waals surface area contributed by atoms with E-state index in [9.17, 15) is 9.59 Å². The highest BCUT2D eigenvalue weighted by Crippen LogP contribution is 2.28. The first kappa shape index (κ1) is 16.7. The van der Waals surface area contributed by atoms with Gasteiger partial charge in [-0.25, -0.2) is 4.79 Å². The molecule has 0 amide bonds. The van der Waals surface area contributed by atoms with Gasteiger partial charge in [0, 0.05) is 12.2 Å². The molecule has 0 heterocycles. The first-order valence-corrected chi connectivity index (χ1v) is 7.12. The molecule has 114 valence electrons. The van der Waals surface area contributed by atoms with Gasteiger partial charge in [0.1, 0.15) is 6.10 Å². The molecule has 5 heteroatoms. The smallest absolute Gasteiger partial charge is 0.333 e. The highest BCUT2D eigenvalue weighted by molar-refractivity contribution is 5.87. The first-order valence-electron chi connectivity index (χ1n) is 7.12. The molecule has 1 unspecified atom stereocenters. The van der Waals surface area contributed by atoms with E-state index in [0.717, 1.165) is 0 Å². The van der Waals surface area contributed by atoms with Crippen LogP contribution >= 0.6 is 0 Å². The minimum atomic E-state index is -0.508. The maximum Gasteiger partial charge on any atom is 0.333 e. The van der Waals surface area contributed by atoms with Gasteiger partial charge in [-0.2, -0.15) is 0 Å². The van der Waals surface area contributed by atoms with Crippen molar-refractivity contribution in [2.24, 2.45) is 5.92 Å². The third-order valence-corrected chi connectivity index (χ3v) is 3.31. The van der Waals surface area contributed by atoms with Crippen LogP contribution in [0.1, 0.15) is 46.5 Å². The van der Waals surface area contributed by atoms with Gasteiger partial charge in [-0.05, 0) is 46.5 Å². The summed E-state index contributed by atoms with van der Waals surface area (Å²) in [6, 6.07) is 0. The Morgan fingerprint density at radius 3 is 2.35 bits per heavy atom. The fourth-order valence-electron chi connectivity index (χ4n) is 2.20. The molecule has 0 aliphatic heterocycles. The zero-order valence-corrected chi connectivity index (χ0v) is 12.5. The van der Waals surface area contributed by atoms with Gasteiger partial charge < -0.3 is 14.2 Å². The molecule has 0 bridgehead atoms. The van der Waals surface area contributed by atoms with Gasteiger partial charge in [-0.15, -0.1) is 0 Å². The standard InChI is InChI=1S/C15H24O5/c1-5-18-11(4)19-15(17)12-6-8-13(9-7-12)20-14(16)10(2)3/h11-13H,2,5-9H2,1,3-4H3. The number of ether oxygens (including phenoxy) is 3. The van der Waals surface area contributed by atoms with Crippen LogP contribution < -0.4 is 0 Å². The Labute approximate surface area is 120 Å². The van der Waals surface area contributed by atoms with E-state index in [1.165, 1.54) is 0 Å². The minimum absolute atomic E-state index is 0.118. The van der Waals surface area contributed by atoms with Crippen molar-refractivity contribution < 1.29 is 23.8 Å². The summed E-state index contributed by atoms with van der Waals surface area (Å²) in [4.78, 5) is 23.3. The van der Waals surface area contributed by atoms with Crippen LogP contribution in [-0.4, -0.2) is 30.9 Å². The number of hydrogen-bond donors (Lipinski definition) is 0. The topological polar surface area (TPSA) is 61.8 Å². The first-order chi connectivity index (χ1) is 9.43. The molecule has 0 radical (unpaired) electrons. The lowest BCUT2D eigenvalue weighted by Gasteiger charge is -2.27. The average molecular weight is 284 g/mol. The minimum Gasteiger partial charge on any atom is -0.459 e. The predicted octanol–water partition coefficient (Wildman–Crippen LogP) is 2.59. The van der Waals surface area contributed by atoms with Gasteiger partial charge in [0.2, 0.25) is 0 Å². The van der Waals surface area contributed by atoms with E-state index in [4.69, 9.17) is 14.2 Å². The molecule has 20 heavy (non-hydrogen) atoms. The van der Waals surface area contributed by atoms with Crippen molar-refractivity contribution in [1.82, 2.24) is 0 Å². The van der Waals surface area contributed by atoms with Crippen LogP contribution in [0, 0.1) is 5.92 Å². The quantitative estimate of drug-likeness (QED) is 0.426. The molecule has 1 aliphatic rings. The van der Waals surface area contributed by atoms with Crippen LogP contribution in [0.5, 0.6) is 0 Å². The van der Waals surface area contributed by atoms with Gasteiger partial charge in [-0.1, -0.05) is 6.58 Å². The summed E-state index contributed by atoms with van der Waals surface area (Å²) in [6.07, 6.45) is 2.08. The van der Waals surface area contributed by atoms with E-state index < -0.39 is 6.29 Å². The van der Waals surface area contributed by atoms with Crippen LogP contribution in [0.15, 0.2) is 12.2 Å². The second-order valence-corrected chi connectivity index (χ2v) is 5.12. The predicted molar refractivity (Wildman–Crippen MR) is 73.8 cm³/mol. The van der Waals surface area contributed by atoms with Gasteiger partial charge >= 0.3 is 11.9 Å². The van der Waals surface area contributed by atoms with E-state index in [1.54, 1.807) is 13.8 Å². The summed E-state index contributed by atoms with van der Waals surface area (Å²) >= 11 is 0. The highest BCUT2D eigenvalue weighted by atomic mass is 16.7. The van der Waals surface area contributed by atoms with E-state index >= 15 is 0 Å². The number of hydrogen-bond acceptors (Lipinski definition) is 5. The molecule has 1 rings (SSSR count). The molecule has 1 fully saturated rings. The number of esters is 2. The van der Waals surface area contributed by atoms with E-state index in [1.807, 2.05) is 6.92 Å². The monoisotopic (exact) mass is 284 g/mol. The van der Waals surface area contributed by atoms with Crippen LogP contribution in [0.3, 0.4) is 0 Å². The molecule has 0 aromatic carbocycles. The Bertz CT molecular complexity index is 355. The van der Waals surface area contributed by atoms with Gasteiger partial charge in [0.15, 0.2) is 6.29 Å². The van der Waals surface area contributed by atoms with Crippen molar-refractivity contribution in [2.75, 3.05) is 6.61 Å². The number of carbonyl (C=O) groups excluding carboxylic acids is 2. The van der Waals surface area contributed by atoms with Crippen molar-refractivity contribution >= 4 is 11.9 Å². The Kier molecular flexibility index (Phi) is 6.71. The molecule has 1 aliphatic carbocycles. The van der Waals surface area contributed by atoms with Crippen molar-refractivity contribution in [3.8, 4) is 0 Å². The van der Waals surface area contributed by atoms with Crippen LogP contribution in [0.2, 0.25) is 0 Å². The summed E-state index contributed by atoms with van der Waals surface area (Å²) in [7, 11) is 0. The number of carbonyl (C=O) groups is 2. The SMILES string of the molecule is C=C(C)C(=O)OC1CCC(C(=O)OC(C)OCC)CC1. The average Bonchev–Trinajstić information content (AvgIpc) is 2.39. The Balaban J connectivity index is 2.32. The Hall–Kier alpha value is -1.36. The van der Waals surface area contributed by atoms with Gasteiger partial charge in [-0.3, -0.25) is 4.79 Å². The van der Waals surface area contributed by atoms with Crippen molar-refractivity contribution in [3.63, 3.8) is 0 Å². The molecular weight excluding hydrogens is 260 g/mol. The second-order valence-electron chi connectivity index (χ2n) is 5.12. The molecule has 0 N–H and O–H groups in total.